The second-order valence-electron chi connectivity index (χ2n) is 5.26. The summed E-state index contributed by atoms with van der Waals surface area (Å²) in [7, 11) is 1.31. The number of aromatic nitrogens is 1. The minimum Gasteiger partial charge on any atom is -0.465 e. The summed E-state index contributed by atoms with van der Waals surface area (Å²) in [5.74, 6) is -0.492. The van der Waals surface area contributed by atoms with Crippen LogP contribution in [0.1, 0.15) is 15.9 Å². The van der Waals surface area contributed by atoms with E-state index in [0.29, 0.717) is 26.4 Å². The fourth-order valence-electron chi connectivity index (χ4n) is 2.57. The van der Waals surface area contributed by atoms with Gasteiger partial charge in [0.1, 0.15) is 0 Å². The zero-order valence-corrected chi connectivity index (χ0v) is 14.3. The van der Waals surface area contributed by atoms with E-state index < -0.39 is 5.97 Å². The van der Waals surface area contributed by atoms with Crippen molar-refractivity contribution in [2.45, 2.75) is 6.54 Å². The van der Waals surface area contributed by atoms with Crippen molar-refractivity contribution in [1.29, 1.82) is 0 Å². The van der Waals surface area contributed by atoms with Gasteiger partial charge in [-0.1, -0.05) is 47.5 Å². The zero-order valence-electron chi connectivity index (χ0n) is 12.8. The molecule has 0 spiro atoms. The number of carbonyl (C=O) groups excluding carboxylic acids is 1. The molecular weight excluding hydrogens is 349 g/mol. The summed E-state index contributed by atoms with van der Waals surface area (Å²) in [4.78, 5) is 24.8. The van der Waals surface area contributed by atoms with Crippen molar-refractivity contribution >= 4 is 39.9 Å². The molecule has 0 saturated heterocycles. The molecule has 0 aliphatic rings. The second kappa shape index (κ2) is 6.67. The Hall–Kier alpha value is -2.30. The Balaban J connectivity index is 2.17. The first-order chi connectivity index (χ1) is 11.5. The number of pyridine rings is 1. The first kappa shape index (κ1) is 16.6. The molecule has 0 N–H and O–H groups in total. The lowest BCUT2D eigenvalue weighted by molar-refractivity contribution is 0.0602. The molecule has 1 aromatic heterocycles. The number of nitrogens with zero attached hydrogens (tertiary/aromatic N) is 1. The maximum Gasteiger partial charge on any atom is 0.339 e. The van der Waals surface area contributed by atoms with Crippen LogP contribution in [-0.2, 0) is 11.3 Å². The molecule has 0 saturated carbocycles. The summed E-state index contributed by atoms with van der Waals surface area (Å²) in [6.07, 6.45) is 1.51. The lowest BCUT2D eigenvalue weighted by Crippen LogP contribution is -2.23. The number of rotatable bonds is 3. The molecule has 0 fully saturated rings. The van der Waals surface area contributed by atoms with Gasteiger partial charge in [-0.2, -0.15) is 0 Å². The fraction of sp³-hybridized carbons (Fsp3) is 0.111. The van der Waals surface area contributed by atoms with E-state index in [-0.39, 0.29) is 12.1 Å². The third kappa shape index (κ3) is 3.03. The first-order valence-electron chi connectivity index (χ1n) is 7.15. The Morgan fingerprint density at radius 1 is 1.08 bits per heavy atom. The van der Waals surface area contributed by atoms with Crippen molar-refractivity contribution in [3.8, 4) is 0 Å². The Morgan fingerprint density at radius 3 is 2.46 bits per heavy atom. The summed E-state index contributed by atoms with van der Waals surface area (Å²) in [5.41, 5.74) is 0.953. The minimum absolute atomic E-state index is 0.190. The smallest absolute Gasteiger partial charge is 0.339 e. The van der Waals surface area contributed by atoms with Gasteiger partial charge in [0.15, 0.2) is 0 Å². The van der Waals surface area contributed by atoms with Gasteiger partial charge in [-0.15, -0.1) is 0 Å². The van der Waals surface area contributed by atoms with Crippen molar-refractivity contribution in [2.24, 2.45) is 0 Å². The Kier molecular flexibility index (Phi) is 4.60. The average molecular weight is 362 g/mol. The van der Waals surface area contributed by atoms with E-state index in [1.165, 1.54) is 17.9 Å². The normalized spacial score (nSPS) is 10.8. The molecule has 24 heavy (non-hydrogen) atoms. The first-order valence-corrected chi connectivity index (χ1v) is 7.91. The van der Waals surface area contributed by atoms with Crippen LogP contribution in [0.25, 0.3) is 10.8 Å². The van der Waals surface area contributed by atoms with Crippen molar-refractivity contribution in [1.82, 2.24) is 4.57 Å². The van der Waals surface area contributed by atoms with E-state index in [2.05, 4.69) is 0 Å². The molecule has 122 valence electrons. The van der Waals surface area contributed by atoms with Gasteiger partial charge in [-0.25, -0.2) is 4.79 Å². The highest BCUT2D eigenvalue weighted by atomic mass is 35.5. The van der Waals surface area contributed by atoms with Crippen LogP contribution >= 0.6 is 23.2 Å². The third-order valence-electron chi connectivity index (χ3n) is 3.74. The van der Waals surface area contributed by atoms with Crippen LogP contribution in [0.4, 0.5) is 0 Å². The predicted octanol–water partition coefficient (Wildman–Crippen LogP) is 4.14. The highest BCUT2D eigenvalue weighted by Crippen LogP contribution is 2.23. The molecule has 0 aliphatic carbocycles. The topological polar surface area (TPSA) is 48.3 Å². The molecular formula is C18H13Cl2NO3. The van der Waals surface area contributed by atoms with Gasteiger partial charge in [0.2, 0.25) is 0 Å². The molecule has 0 radical (unpaired) electrons. The molecule has 1 heterocycles. The van der Waals surface area contributed by atoms with Crippen LogP contribution in [0.5, 0.6) is 0 Å². The number of esters is 1. The van der Waals surface area contributed by atoms with E-state index in [1.54, 1.807) is 42.5 Å². The molecule has 0 aliphatic heterocycles. The molecule has 6 heteroatoms. The molecule has 0 amide bonds. The highest BCUT2D eigenvalue weighted by Gasteiger charge is 2.15. The predicted molar refractivity (Wildman–Crippen MR) is 95.1 cm³/mol. The van der Waals surface area contributed by atoms with Gasteiger partial charge in [0, 0.05) is 17.0 Å². The standard InChI is InChI=1S/C18H13Cl2NO3/c1-24-18(23)14-10-21(9-11-6-7-15(19)16(20)8-11)17(22)13-5-3-2-4-12(13)14/h2-8,10H,9H2,1H3. The Labute approximate surface area is 148 Å². The van der Waals surface area contributed by atoms with Gasteiger partial charge >= 0.3 is 5.97 Å². The number of methoxy groups -OCH3 is 1. The Bertz CT molecular complexity index is 995. The molecule has 3 rings (SSSR count). The Morgan fingerprint density at radius 2 is 1.79 bits per heavy atom. The van der Waals surface area contributed by atoms with Crippen molar-refractivity contribution < 1.29 is 9.53 Å². The van der Waals surface area contributed by atoms with E-state index in [4.69, 9.17) is 27.9 Å². The molecule has 2 aromatic carbocycles. The number of carbonyl (C=O) groups is 1. The monoisotopic (exact) mass is 361 g/mol. The summed E-state index contributed by atoms with van der Waals surface area (Å²) in [5, 5.41) is 1.89. The quantitative estimate of drug-likeness (QED) is 0.658. The largest absolute Gasteiger partial charge is 0.465 e. The fourth-order valence-corrected chi connectivity index (χ4v) is 2.89. The SMILES string of the molecule is COC(=O)c1cn(Cc2ccc(Cl)c(Cl)c2)c(=O)c2ccccc12. The van der Waals surface area contributed by atoms with Gasteiger partial charge in [-0.05, 0) is 23.8 Å². The lowest BCUT2D eigenvalue weighted by Gasteiger charge is -2.12. The number of ether oxygens (including phenoxy) is 1. The van der Waals surface area contributed by atoms with Crippen LogP contribution in [0.2, 0.25) is 10.0 Å². The van der Waals surface area contributed by atoms with Gasteiger partial charge in [0.05, 0.1) is 29.3 Å². The maximum absolute atomic E-state index is 12.7. The number of hydrogen-bond acceptors (Lipinski definition) is 3. The second-order valence-corrected chi connectivity index (χ2v) is 6.08. The van der Waals surface area contributed by atoms with Crippen LogP contribution < -0.4 is 5.56 Å². The van der Waals surface area contributed by atoms with E-state index in [1.807, 2.05) is 0 Å². The minimum atomic E-state index is -0.492. The molecule has 4 nitrogen and oxygen atoms in total. The molecule has 3 aromatic rings. The molecule has 0 unspecified atom stereocenters. The summed E-state index contributed by atoms with van der Waals surface area (Å²) in [6.45, 7) is 0.268. The van der Waals surface area contributed by atoms with Crippen LogP contribution in [0.15, 0.2) is 53.5 Å². The molecule has 0 bridgehead atoms. The summed E-state index contributed by atoms with van der Waals surface area (Å²) < 4.78 is 6.30. The van der Waals surface area contributed by atoms with Crippen LogP contribution in [0.3, 0.4) is 0 Å². The summed E-state index contributed by atoms with van der Waals surface area (Å²) >= 11 is 11.9. The zero-order chi connectivity index (χ0) is 17.3. The van der Waals surface area contributed by atoms with Crippen molar-refractivity contribution in [2.75, 3.05) is 7.11 Å². The highest BCUT2D eigenvalue weighted by molar-refractivity contribution is 6.42. The van der Waals surface area contributed by atoms with Crippen LogP contribution in [0, 0.1) is 0 Å². The van der Waals surface area contributed by atoms with E-state index in [0.717, 1.165) is 5.56 Å². The van der Waals surface area contributed by atoms with E-state index in [9.17, 15) is 9.59 Å². The maximum atomic E-state index is 12.7. The van der Waals surface area contributed by atoms with Gasteiger partial charge in [-0.3, -0.25) is 4.79 Å². The van der Waals surface area contributed by atoms with Crippen molar-refractivity contribution in [3.05, 3.63) is 80.2 Å². The van der Waals surface area contributed by atoms with E-state index >= 15 is 0 Å². The summed E-state index contributed by atoms with van der Waals surface area (Å²) in [6, 6.07) is 12.1. The van der Waals surface area contributed by atoms with Crippen molar-refractivity contribution in [3.63, 3.8) is 0 Å². The van der Waals surface area contributed by atoms with Crippen LogP contribution in [-0.4, -0.2) is 17.6 Å². The number of benzene rings is 2. The third-order valence-corrected chi connectivity index (χ3v) is 4.47. The number of halogens is 2. The lowest BCUT2D eigenvalue weighted by atomic mass is 10.1. The van der Waals surface area contributed by atoms with Gasteiger partial charge < -0.3 is 9.30 Å². The number of fused-ring (bicyclic) bond motifs is 1. The molecule has 0 atom stereocenters. The van der Waals surface area contributed by atoms with Gasteiger partial charge in [0.25, 0.3) is 5.56 Å². The number of hydrogen-bond donors (Lipinski definition) is 0. The average Bonchev–Trinajstić information content (AvgIpc) is 2.60.